The molecular weight excluding hydrogens is 397 g/mol. The van der Waals surface area contributed by atoms with Crippen molar-refractivity contribution in [3.05, 3.63) is 34.1 Å². The predicted octanol–water partition coefficient (Wildman–Crippen LogP) is 3.04. The molecule has 1 saturated carbocycles. The third-order valence-corrected chi connectivity index (χ3v) is 6.27. The second-order valence-electron chi connectivity index (χ2n) is 7.73. The molecule has 26 heavy (non-hydrogen) atoms. The van der Waals surface area contributed by atoms with Crippen LogP contribution < -0.4 is 16.0 Å². The summed E-state index contributed by atoms with van der Waals surface area (Å²) in [4.78, 5) is 0. The van der Waals surface area contributed by atoms with Crippen LogP contribution in [0.2, 0.25) is 0 Å². The second-order valence-corrected chi connectivity index (χ2v) is 8.64. The Morgan fingerprint density at radius 1 is 1.23 bits per heavy atom. The van der Waals surface area contributed by atoms with Gasteiger partial charge in [0.25, 0.3) is 0 Å². The Bertz CT molecular complexity index is 572. The minimum atomic E-state index is -0.321. The number of halogens is 2. The molecule has 0 radical (unpaired) electrons. The van der Waals surface area contributed by atoms with Gasteiger partial charge in [-0.15, -0.1) is 0 Å². The third kappa shape index (κ3) is 5.26. The van der Waals surface area contributed by atoms with Crippen molar-refractivity contribution in [2.75, 3.05) is 26.2 Å². The molecule has 0 aromatic heterocycles. The number of nitrogens with one attached hydrogen (secondary N) is 3. The van der Waals surface area contributed by atoms with E-state index in [1.54, 1.807) is 6.07 Å². The second kappa shape index (κ2) is 9.60. The van der Waals surface area contributed by atoms with E-state index in [0.29, 0.717) is 6.04 Å². The molecule has 1 saturated heterocycles. The monoisotopic (exact) mass is 427 g/mol. The zero-order valence-corrected chi connectivity index (χ0v) is 17.0. The van der Waals surface area contributed by atoms with Gasteiger partial charge >= 0.3 is 0 Å². The molecule has 2 aliphatic rings. The van der Waals surface area contributed by atoms with Gasteiger partial charge in [0.2, 0.25) is 0 Å². The highest BCUT2D eigenvalue weighted by molar-refractivity contribution is 9.10. The van der Waals surface area contributed by atoms with E-state index < -0.39 is 0 Å². The van der Waals surface area contributed by atoms with Gasteiger partial charge in [-0.1, -0.05) is 22.0 Å². The Labute approximate surface area is 164 Å². The first kappa shape index (κ1) is 20.2. The van der Waals surface area contributed by atoms with Gasteiger partial charge in [-0.25, -0.2) is 4.39 Å². The lowest BCUT2D eigenvalue weighted by Gasteiger charge is -2.39. The number of aliphatic hydroxyl groups is 1. The van der Waals surface area contributed by atoms with Crippen molar-refractivity contribution >= 4 is 15.9 Å². The van der Waals surface area contributed by atoms with Gasteiger partial charge < -0.3 is 21.1 Å². The summed E-state index contributed by atoms with van der Waals surface area (Å²) in [7, 11) is 0. The molecule has 2 fully saturated rings. The van der Waals surface area contributed by atoms with E-state index in [0.717, 1.165) is 81.2 Å². The normalized spacial score (nSPS) is 29.7. The van der Waals surface area contributed by atoms with Crippen LogP contribution in [0.25, 0.3) is 0 Å². The van der Waals surface area contributed by atoms with Gasteiger partial charge in [-0.3, -0.25) is 0 Å². The van der Waals surface area contributed by atoms with Crippen LogP contribution >= 0.6 is 15.9 Å². The Morgan fingerprint density at radius 3 is 2.73 bits per heavy atom. The summed E-state index contributed by atoms with van der Waals surface area (Å²) >= 11 is 3.35. The zero-order valence-electron chi connectivity index (χ0n) is 15.4. The van der Waals surface area contributed by atoms with E-state index in [9.17, 15) is 9.50 Å². The van der Waals surface area contributed by atoms with E-state index in [1.165, 1.54) is 0 Å². The van der Waals surface area contributed by atoms with Crippen LogP contribution in [-0.4, -0.2) is 43.4 Å². The van der Waals surface area contributed by atoms with Crippen molar-refractivity contribution < 1.29 is 9.50 Å². The molecule has 1 atom stereocenters. The summed E-state index contributed by atoms with van der Waals surface area (Å²) in [5.41, 5.74) is 0.444. The molecule has 1 aromatic carbocycles. The number of aliphatic hydroxyl groups excluding tert-OH is 1. The highest BCUT2D eigenvalue weighted by Crippen LogP contribution is 2.31. The lowest BCUT2D eigenvalue weighted by atomic mass is 9.82. The van der Waals surface area contributed by atoms with E-state index in [2.05, 4.69) is 31.9 Å². The summed E-state index contributed by atoms with van der Waals surface area (Å²) in [5.74, 6) is -0.144. The van der Waals surface area contributed by atoms with E-state index in [4.69, 9.17) is 0 Å². The van der Waals surface area contributed by atoms with Crippen LogP contribution in [-0.2, 0) is 5.54 Å². The summed E-state index contributed by atoms with van der Waals surface area (Å²) in [6, 6.07) is 5.93. The van der Waals surface area contributed by atoms with Crippen molar-refractivity contribution in [2.24, 2.45) is 0 Å². The van der Waals surface area contributed by atoms with Crippen LogP contribution in [0, 0.1) is 5.82 Å². The van der Waals surface area contributed by atoms with Crippen LogP contribution in [0.5, 0.6) is 0 Å². The molecule has 3 rings (SSSR count). The molecule has 0 amide bonds. The average molecular weight is 428 g/mol. The maximum absolute atomic E-state index is 14.6. The molecule has 1 aromatic rings. The molecule has 6 heteroatoms. The molecule has 4 N–H and O–H groups in total. The van der Waals surface area contributed by atoms with Crippen LogP contribution in [0.4, 0.5) is 4.39 Å². The van der Waals surface area contributed by atoms with Crippen LogP contribution in [0.1, 0.15) is 50.5 Å². The van der Waals surface area contributed by atoms with Crippen molar-refractivity contribution in [1.82, 2.24) is 16.0 Å². The highest BCUT2D eigenvalue weighted by Gasteiger charge is 2.35. The molecule has 1 heterocycles. The number of piperidine rings is 1. The maximum atomic E-state index is 14.6. The summed E-state index contributed by atoms with van der Waals surface area (Å²) < 4.78 is 15.4. The first-order chi connectivity index (χ1) is 12.6. The van der Waals surface area contributed by atoms with Gasteiger partial charge in [0.1, 0.15) is 5.82 Å². The first-order valence-electron chi connectivity index (χ1n) is 9.92. The lowest BCUT2D eigenvalue weighted by Crippen LogP contribution is -2.54. The fraction of sp³-hybridized carbons (Fsp3) is 0.700. The first-order valence-corrected chi connectivity index (χ1v) is 10.7. The average Bonchev–Trinajstić information content (AvgIpc) is 2.63. The van der Waals surface area contributed by atoms with Gasteiger partial charge in [0.05, 0.1) is 11.6 Å². The largest absolute Gasteiger partial charge is 0.393 e. The third-order valence-electron chi connectivity index (χ3n) is 5.78. The van der Waals surface area contributed by atoms with E-state index >= 15 is 0 Å². The number of hydrogen-bond donors (Lipinski definition) is 4. The Balaban J connectivity index is 1.51. The number of benzene rings is 1. The van der Waals surface area contributed by atoms with Crippen LogP contribution in [0.15, 0.2) is 22.7 Å². The van der Waals surface area contributed by atoms with Gasteiger partial charge in [0, 0.05) is 22.6 Å². The minimum Gasteiger partial charge on any atom is -0.393 e. The Hall–Kier alpha value is -0.530. The van der Waals surface area contributed by atoms with Crippen molar-refractivity contribution in [1.29, 1.82) is 0 Å². The summed E-state index contributed by atoms with van der Waals surface area (Å²) in [6.07, 6.45) is 6.85. The van der Waals surface area contributed by atoms with E-state index in [1.807, 2.05) is 12.1 Å². The molecule has 4 nitrogen and oxygen atoms in total. The fourth-order valence-electron chi connectivity index (χ4n) is 4.26. The molecule has 1 aliphatic heterocycles. The molecule has 146 valence electrons. The van der Waals surface area contributed by atoms with Gasteiger partial charge in [-0.2, -0.15) is 0 Å². The molecule has 1 aliphatic carbocycles. The van der Waals surface area contributed by atoms with Crippen molar-refractivity contribution in [3.8, 4) is 0 Å². The smallest absolute Gasteiger partial charge is 0.129 e. The maximum Gasteiger partial charge on any atom is 0.129 e. The molecular formula is C20H31BrFN3O. The van der Waals surface area contributed by atoms with Crippen molar-refractivity contribution in [3.63, 3.8) is 0 Å². The minimum absolute atomic E-state index is 0.103. The fourth-order valence-corrected chi connectivity index (χ4v) is 4.59. The van der Waals surface area contributed by atoms with E-state index in [-0.39, 0.29) is 17.5 Å². The SMILES string of the molecule is OC1CCC(NCCCN[C@]2(c3ccc(Br)cc3F)CCCNC2)CC1. The standard InChI is InChI=1S/C20H31BrFN3O/c21-15-3-8-18(19(22)13-15)20(9-1-10-23-14-20)25-12-2-11-24-16-4-6-17(26)7-5-16/h3,8,13,16-17,23-26H,1-2,4-7,9-12,14H2/t16?,17?,20-/m1/s1. The summed E-state index contributed by atoms with van der Waals surface area (Å²) in [6.45, 7) is 3.58. The highest BCUT2D eigenvalue weighted by atomic mass is 79.9. The predicted molar refractivity (Wildman–Crippen MR) is 107 cm³/mol. The molecule has 0 bridgehead atoms. The topological polar surface area (TPSA) is 56.3 Å². The van der Waals surface area contributed by atoms with Crippen molar-refractivity contribution in [2.45, 2.75) is 62.6 Å². The molecule has 0 spiro atoms. The Kier molecular flexibility index (Phi) is 7.46. The Morgan fingerprint density at radius 2 is 2.04 bits per heavy atom. The number of hydrogen-bond acceptors (Lipinski definition) is 4. The quantitative estimate of drug-likeness (QED) is 0.505. The lowest BCUT2D eigenvalue weighted by molar-refractivity contribution is 0.116. The summed E-state index contributed by atoms with van der Waals surface area (Å²) in [5, 5.41) is 20.3. The molecule has 0 unspecified atom stereocenters. The van der Waals surface area contributed by atoms with Gasteiger partial charge in [-0.05, 0) is 76.7 Å². The number of rotatable bonds is 7. The van der Waals surface area contributed by atoms with Crippen LogP contribution in [0.3, 0.4) is 0 Å². The van der Waals surface area contributed by atoms with Gasteiger partial charge in [0.15, 0.2) is 0 Å². The zero-order chi connectivity index (χ0) is 18.4.